The predicted octanol–water partition coefficient (Wildman–Crippen LogP) is 2.94. The highest BCUT2D eigenvalue weighted by atomic mass is 32.2. The third-order valence-electron chi connectivity index (χ3n) is 2.30. The van der Waals surface area contributed by atoms with Gasteiger partial charge in [0.15, 0.2) is 4.32 Å². The lowest BCUT2D eigenvalue weighted by molar-refractivity contribution is -0.123. The molecule has 2 rings (SSSR count). The van der Waals surface area contributed by atoms with E-state index in [1.165, 1.54) is 16.8 Å². The molecule has 0 N–H and O–H groups in total. The molecule has 0 radical (unpaired) electrons. The minimum Gasteiger partial charge on any atom is -0.272 e. The van der Waals surface area contributed by atoms with Crippen molar-refractivity contribution in [2.24, 2.45) is 5.10 Å². The van der Waals surface area contributed by atoms with Gasteiger partial charge in [0, 0.05) is 0 Å². The summed E-state index contributed by atoms with van der Waals surface area (Å²) < 4.78 is 0.517. The Labute approximate surface area is 116 Å². The van der Waals surface area contributed by atoms with Crippen LogP contribution in [0.25, 0.3) is 6.08 Å². The molecule has 0 spiro atoms. The molecule has 1 saturated heterocycles. The van der Waals surface area contributed by atoms with Gasteiger partial charge in [-0.15, -0.1) is 0 Å². The summed E-state index contributed by atoms with van der Waals surface area (Å²) in [6.07, 6.45) is 3.66. The summed E-state index contributed by atoms with van der Waals surface area (Å²) in [4.78, 5) is 11.4. The SMILES string of the molecule is C/C(C=NN1C(=O)CSC1=S)=C\c1ccccc1. The fraction of sp³-hybridized carbons (Fsp3) is 0.154. The van der Waals surface area contributed by atoms with Crippen molar-refractivity contribution >= 4 is 46.5 Å². The Morgan fingerprint density at radius 3 is 2.78 bits per heavy atom. The predicted molar refractivity (Wildman–Crippen MR) is 80.5 cm³/mol. The molecule has 0 bridgehead atoms. The molecule has 1 aromatic rings. The number of allylic oxidation sites excluding steroid dienone is 1. The Kier molecular flexibility index (Phi) is 4.28. The maximum Gasteiger partial charge on any atom is 0.259 e. The number of hydrazone groups is 1. The average Bonchev–Trinajstić information content (AvgIpc) is 2.68. The number of carbonyl (C=O) groups excluding carboxylic acids is 1. The molecule has 3 nitrogen and oxygen atoms in total. The van der Waals surface area contributed by atoms with E-state index < -0.39 is 0 Å². The molecule has 0 unspecified atom stereocenters. The van der Waals surface area contributed by atoms with E-state index in [9.17, 15) is 4.79 Å². The number of carbonyl (C=O) groups is 1. The van der Waals surface area contributed by atoms with Gasteiger partial charge in [-0.1, -0.05) is 60.4 Å². The second kappa shape index (κ2) is 5.93. The van der Waals surface area contributed by atoms with Crippen LogP contribution in [-0.4, -0.2) is 27.2 Å². The van der Waals surface area contributed by atoms with Gasteiger partial charge in [-0.05, 0) is 18.1 Å². The molecular weight excluding hydrogens is 264 g/mol. The van der Waals surface area contributed by atoms with Crippen LogP contribution in [0.1, 0.15) is 12.5 Å². The quantitative estimate of drug-likeness (QED) is 0.628. The normalized spacial score (nSPS) is 16.9. The van der Waals surface area contributed by atoms with Gasteiger partial charge < -0.3 is 0 Å². The van der Waals surface area contributed by atoms with E-state index in [1.807, 2.05) is 43.3 Å². The van der Waals surface area contributed by atoms with Crippen molar-refractivity contribution in [1.29, 1.82) is 0 Å². The lowest BCUT2D eigenvalue weighted by atomic mass is 10.1. The van der Waals surface area contributed by atoms with E-state index in [1.54, 1.807) is 6.21 Å². The van der Waals surface area contributed by atoms with Gasteiger partial charge in [0.2, 0.25) is 0 Å². The van der Waals surface area contributed by atoms with Gasteiger partial charge in [-0.25, -0.2) is 0 Å². The van der Waals surface area contributed by atoms with E-state index in [0.717, 1.165) is 11.1 Å². The first kappa shape index (κ1) is 13.0. The van der Waals surface area contributed by atoms with Crippen LogP contribution >= 0.6 is 24.0 Å². The molecule has 0 saturated carbocycles. The summed E-state index contributed by atoms with van der Waals surface area (Å²) >= 11 is 6.38. The van der Waals surface area contributed by atoms with Crippen molar-refractivity contribution in [3.63, 3.8) is 0 Å². The van der Waals surface area contributed by atoms with Gasteiger partial charge in [0.25, 0.3) is 5.91 Å². The van der Waals surface area contributed by atoms with Crippen LogP contribution in [-0.2, 0) is 4.79 Å². The minimum atomic E-state index is -0.0613. The van der Waals surface area contributed by atoms with Crippen molar-refractivity contribution in [3.05, 3.63) is 41.5 Å². The number of nitrogens with zero attached hydrogens (tertiary/aromatic N) is 2. The summed E-state index contributed by atoms with van der Waals surface area (Å²) in [5.41, 5.74) is 2.07. The van der Waals surface area contributed by atoms with E-state index in [-0.39, 0.29) is 5.91 Å². The molecule has 92 valence electrons. The van der Waals surface area contributed by atoms with E-state index >= 15 is 0 Å². The Morgan fingerprint density at radius 2 is 2.17 bits per heavy atom. The number of hydrogen-bond donors (Lipinski definition) is 0. The van der Waals surface area contributed by atoms with Gasteiger partial charge in [-0.2, -0.15) is 10.1 Å². The van der Waals surface area contributed by atoms with Gasteiger partial charge >= 0.3 is 0 Å². The molecule has 1 aliphatic heterocycles. The van der Waals surface area contributed by atoms with E-state index in [4.69, 9.17) is 12.2 Å². The van der Waals surface area contributed by atoms with Crippen LogP contribution in [0.2, 0.25) is 0 Å². The summed E-state index contributed by atoms with van der Waals surface area (Å²) in [6, 6.07) is 9.95. The molecule has 5 heteroatoms. The standard InChI is InChI=1S/C13H12N2OS2/c1-10(7-11-5-3-2-4-6-11)8-14-15-12(16)9-18-13(15)17/h2-8H,9H2,1H3/b10-7+,14-8?. The summed E-state index contributed by atoms with van der Waals surface area (Å²) in [5, 5.41) is 5.39. The number of rotatable bonds is 3. The zero-order valence-corrected chi connectivity index (χ0v) is 11.5. The van der Waals surface area contributed by atoms with Gasteiger partial charge in [0.05, 0.1) is 12.0 Å². The lowest BCUT2D eigenvalue weighted by Gasteiger charge is -2.06. The minimum absolute atomic E-state index is 0.0613. The fourth-order valence-electron chi connectivity index (χ4n) is 1.46. The first-order valence-electron chi connectivity index (χ1n) is 5.44. The van der Waals surface area contributed by atoms with Crippen molar-refractivity contribution in [2.75, 3.05) is 5.75 Å². The highest BCUT2D eigenvalue weighted by molar-refractivity contribution is 8.23. The molecule has 1 fully saturated rings. The molecule has 1 aliphatic rings. The zero-order chi connectivity index (χ0) is 13.0. The Bertz CT molecular complexity index is 507. The first-order chi connectivity index (χ1) is 8.66. The molecule has 0 atom stereocenters. The number of hydrogen-bond acceptors (Lipinski definition) is 4. The monoisotopic (exact) mass is 276 g/mol. The van der Waals surface area contributed by atoms with Crippen LogP contribution in [0, 0.1) is 0 Å². The molecule has 0 aromatic heterocycles. The number of thiocarbonyl (C=S) groups is 1. The first-order valence-corrected chi connectivity index (χ1v) is 6.83. The third-order valence-corrected chi connectivity index (χ3v) is 3.64. The second-order valence-electron chi connectivity index (χ2n) is 3.80. The van der Waals surface area contributed by atoms with Crippen LogP contribution in [0.15, 0.2) is 41.0 Å². The Balaban J connectivity index is 2.07. The maximum atomic E-state index is 11.4. The zero-order valence-electron chi connectivity index (χ0n) is 9.87. The third kappa shape index (κ3) is 3.27. The average molecular weight is 276 g/mol. The smallest absolute Gasteiger partial charge is 0.259 e. The number of benzene rings is 1. The van der Waals surface area contributed by atoms with Crippen molar-refractivity contribution in [2.45, 2.75) is 6.92 Å². The summed E-state index contributed by atoms with van der Waals surface area (Å²) in [6.45, 7) is 1.94. The van der Waals surface area contributed by atoms with Gasteiger partial charge in [0.1, 0.15) is 0 Å². The van der Waals surface area contributed by atoms with Crippen molar-refractivity contribution in [1.82, 2.24) is 5.01 Å². The largest absolute Gasteiger partial charge is 0.272 e. The summed E-state index contributed by atoms with van der Waals surface area (Å²) in [7, 11) is 0. The molecule has 1 aromatic carbocycles. The Hall–Kier alpha value is -1.46. The van der Waals surface area contributed by atoms with Crippen LogP contribution in [0.5, 0.6) is 0 Å². The maximum absolute atomic E-state index is 11.4. The molecule has 18 heavy (non-hydrogen) atoms. The fourth-order valence-corrected chi connectivity index (χ4v) is 2.42. The van der Waals surface area contributed by atoms with E-state index in [0.29, 0.717) is 10.1 Å². The molecule has 1 amide bonds. The second-order valence-corrected chi connectivity index (χ2v) is 5.41. The van der Waals surface area contributed by atoms with Crippen molar-refractivity contribution < 1.29 is 4.79 Å². The van der Waals surface area contributed by atoms with Crippen LogP contribution < -0.4 is 0 Å². The van der Waals surface area contributed by atoms with Crippen molar-refractivity contribution in [3.8, 4) is 0 Å². The molecule has 1 heterocycles. The highest BCUT2D eigenvalue weighted by Crippen LogP contribution is 2.19. The lowest BCUT2D eigenvalue weighted by Crippen LogP contribution is -2.22. The molecular formula is C13H12N2OS2. The number of thioether (sulfide) groups is 1. The number of amides is 1. The van der Waals surface area contributed by atoms with Gasteiger partial charge in [-0.3, -0.25) is 4.79 Å². The van der Waals surface area contributed by atoms with Crippen LogP contribution in [0.4, 0.5) is 0 Å². The van der Waals surface area contributed by atoms with Crippen LogP contribution in [0.3, 0.4) is 0 Å². The topological polar surface area (TPSA) is 32.7 Å². The highest BCUT2D eigenvalue weighted by Gasteiger charge is 2.25. The Morgan fingerprint density at radius 1 is 1.44 bits per heavy atom. The molecule has 0 aliphatic carbocycles. The summed E-state index contributed by atoms with van der Waals surface area (Å²) in [5.74, 6) is 0.325. The van der Waals surface area contributed by atoms with E-state index in [2.05, 4.69) is 5.10 Å².